The number of amides is 2. The van der Waals surface area contributed by atoms with Crippen LogP contribution in [0.5, 0.6) is 0 Å². The summed E-state index contributed by atoms with van der Waals surface area (Å²) in [6.07, 6.45) is 2.21. The Balaban J connectivity index is 1.86. The number of hydrogen-bond acceptors (Lipinski definition) is 4. The molecule has 0 spiro atoms. The number of carbonyl (C=O) groups excluding carboxylic acids is 2. The Bertz CT molecular complexity index is 685. The van der Waals surface area contributed by atoms with Gasteiger partial charge in [0.1, 0.15) is 6.04 Å². The number of carboxylic acids is 1. The summed E-state index contributed by atoms with van der Waals surface area (Å²) in [6.45, 7) is 6.00. The highest BCUT2D eigenvalue weighted by molar-refractivity contribution is 5.93. The number of hydrogen-bond donors (Lipinski definition) is 3. The third-order valence-corrected chi connectivity index (χ3v) is 4.45. The fourth-order valence-corrected chi connectivity index (χ4v) is 2.70. The van der Waals surface area contributed by atoms with E-state index in [2.05, 4.69) is 10.6 Å². The van der Waals surface area contributed by atoms with Crippen molar-refractivity contribution in [1.29, 1.82) is 0 Å². The summed E-state index contributed by atoms with van der Waals surface area (Å²) in [6, 6.07) is 5.32. The van der Waals surface area contributed by atoms with Gasteiger partial charge in [0.15, 0.2) is 0 Å². The number of benzene rings is 1. The van der Waals surface area contributed by atoms with Crippen LogP contribution in [-0.2, 0) is 14.4 Å². The van der Waals surface area contributed by atoms with Gasteiger partial charge in [0.25, 0.3) is 0 Å². The summed E-state index contributed by atoms with van der Waals surface area (Å²) < 4.78 is 0. The molecule has 0 radical (unpaired) electrons. The summed E-state index contributed by atoms with van der Waals surface area (Å²) >= 11 is 0. The van der Waals surface area contributed by atoms with E-state index in [4.69, 9.17) is 5.11 Å². The number of carbonyl (C=O) groups is 3. The molecule has 1 aliphatic rings. The van der Waals surface area contributed by atoms with Crippen LogP contribution in [0.2, 0.25) is 0 Å². The summed E-state index contributed by atoms with van der Waals surface area (Å²) in [5, 5.41) is 14.2. The Labute approximate surface area is 153 Å². The van der Waals surface area contributed by atoms with Gasteiger partial charge >= 0.3 is 5.97 Å². The molecular weight excluding hydrogens is 334 g/mol. The van der Waals surface area contributed by atoms with E-state index in [1.54, 1.807) is 0 Å². The zero-order valence-electron chi connectivity index (χ0n) is 15.5. The summed E-state index contributed by atoms with van der Waals surface area (Å²) in [7, 11) is 0. The molecule has 142 valence electrons. The first kappa shape index (κ1) is 19.9. The van der Waals surface area contributed by atoms with Crippen molar-refractivity contribution in [1.82, 2.24) is 10.2 Å². The van der Waals surface area contributed by atoms with Crippen LogP contribution < -0.4 is 10.6 Å². The monoisotopic (exact) mass is 361 g/mol. The van der Waals surface area contributed by atoms with Crippen molar-refractivity contribution in [2.75, 3.05) is 18.4 Å². The minimum absolute atomic E-state index is 0.107. The van der Waals surface area contributed by atoms with Gasteiger partial charge in [-0.3, -0.25) is 19.3 Å². The average molecular weight is 361 g/mol. The molecule has 1 aromatic rings. The highest BCUT2D eigenvalue weighted by atomic mass is 16.4. The number of aliphatic carboxylic acids is 1. The molecule has 7 heteroatoms. The van der Waals surface area contributed by atoms with E-state index >= 15 is 0 Å². The van der Waals surface area contributed by atoms with Crippen molar-refractivity contribution in [2.24, 2.45) is 0 Å². The predicted molar refractivity (Wildman–Crippen MR) is 99.0 cm³/mol. The first-order chi connectivity index (χ1) is 12.3. The standard InChI is InChI=1S/C19H27N3O4/c1-12-4-5-13(2)16(10-12)21-18(24)11-22(15-6-7-15)9-8-17(23)20-14(3)19(25)26/h4-5,10,14-15H,6-9,11H2,1-3H3,(H,20,23)(H,21,24)(H,25,26). The third kappa shape index (κ3) is 6.15. The minimum Gasteiger partial charge on any atom is -0.480 e. The first-order valence-corrected chi connectivity index (χ1v) is 8.89. The van der Waals surface area contributed by atoms with E-state index in [1.807, 2.05) is 36.9 Å². The molecule has 3 N–H and O–H groups in total. The lowest BCUT2D eigenvalue weighted by atomic mass is 10.1. The van der Waals surface area contributed by atoms with Crippen LogP contribution >= 0.6 is 0 Å². The maximum atomic E-state index is 12.4. The zero-order chi connectivity index (χ0) is 19.3. The fourth-order valence-electron chi connectivity index (χ4n) is 2.70. The maximum absolute atomic E-state index is 12.4. The molecule has 0 heterocycles. The topological polar surface area (TPSA) is 98.7 Å². The highest BCUT2D eigenvalue weighted by Crippen LogP contribution is 2.27. The van der Waals surface area contributed by atoms with Gasteiger partial charge in [-0.15, -0.1) is 0 Å². The molecule has 1 atom stereocenters. The van der Waals surface area contributed by atoms with Crippen LogP contribution in [0.4, 0.5) is 5.69 Å². The van der Waals surface area contributed by atoms with Gasteiger partial charge in [-0.05, 0) is 50.8 Å². The van der Waals surface area contributed by atoms with Gasteiger partial charge in [0, 0.05) is 24.7 Å². The molecule has 0 saturated heterocycles. The van der Waals surface area contributed by atoms with Crippen molar-refractivity contribution < 1.29 is 19.5 Å². The third-order valence-electron chi connectivity index (χ3n) is 4.45. The molecule has 1 fully saturated rings. The normalized spacial score (nSPS) is 14.8. The molecule has 0 aliphatic heterocycles. The molecule has 1 saturated carbocycles. The second-order valence-corrected chi connectivity index (χ2v) is 6.95. The number of aryl methyl sites for hydroxylation is 2. The number of anilines is 1. The van der Waals surface area contributed by atoms with E-state index < -0.39 is 12.0 Å². The van der Waals surface area contributed by atoms with E-state index in [1.165, 1.54) is 6.92 Å². The van der Waals surface area contributed by atoms with E-state index in [0.717, 1.165) is 29.7 Å². The molecule has 26 heavy (non-hydrogen) atoms. The van der Waals surface area contributed by atoms with Crippen molar-refractivity contribution >= 4 is 23.5 Å². The maximum Gasteiger partial charge on any atom is 0.325 e. The lowest BCUT2D eigenvalue weighted by Crippen LogP contribution is -2.41. The van der Waals surface area contributed by atoms with Crippen molar-refractivity contribution in [2.45, 2.75) is 52.1 Å². The highest BCUT2D eigenvalue weighted by Gasteiger charge is 2.30. The molecule has 7 nitrogen and oxygen atoms in total. The van der Waals surface area contributed by atoms with Gasteiger partial charge in [0.2, 0.25) is 11.8 Å². The summed E-state index contributed by atoms with van der Waals surface area (Å²) in [5.74, 6) is -1.49. The Morgan fingerprint density at radius 2 is 1.92 bits per heavy atom. The largest absolute Gasteiger partial charge is 0.480 e. The minimum atomic E-state index is -1.06. The Hall–Kier alpha value is -2.41. The van der Waals surface area contributed by atoms with Crippen LogP contribution in [0.25, 0.3) is 0 Å². The molecule has 0 aromatic heterocycles. The van der Waals surface area contributed by atoms with Gasteiger partial charge in [0.05, 0.1) is 6.54 Å². The lowest BCUT2D eigenvalue weighted by Gasteiger charge is -2.22. The average Bonchev–Trinajstić information content (AvgIpc) is 3.39. The molecule has 2 amide bonds. The lowest BCUT2D eigenvalue weighted by molar-refractivity contribution is -0.141. The zero-order valence-corrected chi connectivity index (χ0v) is 15.5. The Morgan fingerprint density at radius 1 is 1.23 bits per heavy atom. The van der Waals surface area contributed by atoms with Gasteiger partial charge in [-0.25, -0.2) is 0 Å². The Kier molecular flexibility index (Phi) is 6.74. The Morgan fingerprint density at radius 3 is 2.54 bits per heavy atom. The first-order valence-electron chi connectivity index (χ1n) is 8.89. The van der Waals surface area contributed by atoms with Crippen LogP contribution in [0, 0.1) is 13.8 Å². The number of nitrogens with zero attached hydrogens (tertiary/aromatic N) is 1. The molecular formula is C19H27N3O4. The number of carboxylic acid groups (broad SMARTS) is 1. The van der Waals surface area contributed by atoms with Crippen LogP contribution in [0.15, 0.2) is 18.2 Å². The fraction of sp³-hybridized carbons (Fsp3) is 0.526. The SMILES string of the molecule is Cc1ccc(C)c(NC(=O)CN(CCC(=O)NC(C)C(=O)O)C2CC2)c1. The number of nitrogens with one attached hydrogen (secondary N) is 2. The van der Waals surface area contributed by atoms with Gasteiger partial charge in [-0.2, -0.15) is 0 Å². The predicted octanol–water partition coefficient (Wildman–Crippen LogP) is 1.69. The van der Waals surface area contributed by atoms with Gasteiger partial charge < -0.3 is 15.7 Å². The number of rotatable bonds is 9. The second-order valence-electron chi connectivity index (χ2n) is 6.95. The van der Waals surface area contributed by atoms with Crippen LogP contribution in [0.1, 0.15) is 37.3 Å². The van der Waals surface area contributed by atoms with E-state index in [9.17, 15) is 14.4 Å². The van der Waals surface area contributed by atoms with Crippen LogP contribution in [0.3, 0.4) is 0 Å². The molecule has 2 rings (SSSR count). The van der Waals surface area contributed by atoms with Crippen molar-refractivity contribution in [3.8, 4) is 0 Å². The van der Waals surface area contributed by atoms with Crippen molar-refractivity contribution in [3.05, 3.63) is 29.3 Å². The van der Waals surface area contributed by atoms with E-state index in [-0.39, 0.29) is 24.8 Å². The summed E-state index contributed by atoms with van der Waals surface area (Å²) in [5.41, 5.74) is 2.89. The quantitative estimate of drug-likeness (QED) is 0.622. The molecule has 1 aromatic carbocycles. The molecule has 1 unspecified atom stereocenters. The smallest absolute Gasteiger partial charge is 0.325 e. The van der Waals surface area contributed by atoms with Gasteiger partial charge in [-0.1, -0.05) is 12.1 Å². The van der Waals surface area contributed by atoms with E-state index in [0.29, 0.717) is 12.6 Å². The van der Waals surface area contributed by atoms with Crippen molar-refractivity contribution in [3.63, 3.8) is 0 Å². The second kappa shape index (κ2) is 8.80. The molecule has 0 bridgehead atoms. The van der Waals surface area contributed by atoms with Crippen LogP contribution in [-0.4, -0.2) is 53.0 Å². The summed E-state index contributed by atoms with van der Waals surface area (Å²) in [4.78, 5) is 37.0. The molecule has 1 aliphatic carbocycles.